The minimum atomic E-state index is -0.260. The molecule has 0 aliphatic carbocycles. The first kappa shape index (κ1) is 18.5. The molecular weight excluding hydrogens is 302 g/mol. The molecule has 1 fully saturated rings. The standard InChI is InChI=1S/C19H29N3O2/c1-4-14(3)16-8-6-7-9-17(16)22-13-15(12-18(22)23)19(24)21-11-10-20-5-2/h6-9,14-15,20H,4-5,10-13H2,1-3H3,(H,21,24). The van der Waals surface area contributed by atoms with Crippen LogP contribution in [0.1, 0.15) is 45.1 Å². The summed E-state index contributed by atoms with van der Waals surface area (Å²) in [6.45, 7) is 9.06. The van der Waals surface area contributed by atoms with Crippen LogP contribution in [0, 0.1) is 5.92 Å². The van der Waals surface area contributed by atoms with Crippen molar-refractivity contribution in [1.82, 2.24) is 10.6 Å². The van der Waals surface area contributed by atoms with E-state index in [0.29, 0.717) is 25.4 Å². The van der Waals surface area contributed by atoms with Crippen LogP contribution >= 0.6 is 0 Å². The van der Waals surface area contributed by atoms with E-state index in [1.165, 1.54) is 5.56 Å². The molecule has 1 aliphatic rings. The second-order valence-corrected chi connectivity index (χ2v) is 6.42. The van der Waals surface area contributed by atoms with E-state index in [1.807, 2.05) is 25.1 Å². The van der Waals surface area contributed by atoms with Crippen molar-refractivity contribution >= 4 is 17.5 Å². The van der Waals surface area contributed by atoms with Crippen LogP contribution in [-0.4, -0.2) is 38.0 Å². The van der Waals surface area contributed by atoms with Crippen LogP contribution in [-0.2, 0) is 9.59 Å². The Kier molecular flexibility index (Phi) is 6.79. The van der Waals surface area contributed by atoms with Gasteiger partial charge in [0, 0.05) is 31.7 Å². The number of carbonyl (C=O) groups is 2. The van der Waals surface area contributed by atoms with Gasteiger partial charge in [-0.05, 0) is 30.5 Å². The molecule has 0 spiro atoms. The highest BCUT2D eigenvalue weighted by atomic mass is 16.2. The number of rotatable bonds is 8. The number of carbonyl (C=O) groups excluding carboxylic acids is 2. The Bertz CT molecular complexity index is 573. The number of amides is 2. The number of para-hydroxylation sites is 1. The van der Waals surface area contributed by atoms with E-state index in [9.17, 15) is 9.59 Å². The summed E-state index contributed by atoms with van der Waals surface area (Å²) in [7, 11) is 0. The topological polar surface area (TPSA) is 61.4 Å². The molecule has 0 bridgehead atoms. The lowest BCUT2D eigenvalue weighted by Crippen LogP contribution is -2.37. The fourth-order valence-corrected chi connectivity index (χ4v) is 3.08. The summed E-state index contributed by atoms with van der Waals surface area (Å²) >= 11 is 0. The molecule has 132 valence electrons. The molecule has 1 heterocycles. The SMILES string of the molecule is CCNCCNC(=O)C1CC(=O)N(c2ccccc2C(C)CC)C1. The second-order valence-electron chi connectivity index (χ2n) is 6.42. The average Bonchev–Trinajstić information content (AvgIpc) is 2.99. The zero-order chi connectivity index (χ0) is 17.5. The first-order valence-electron chi connectivity index (χ1n) is 8.96. The number of benzene rings is 1. The highest BCUT2D eigenvalue weighted by Gasteiger charge is 2.35. The molecule has 0 radical (unpaired) electrons. The van der Waals surface area contributed by atoms with Gasteiger partial charge in [-0.3, -0.25) is 9.59 Å². The molecule has 24 heavy (non-hydrogen) atoms. The van der Waals surface area contributed by atoms with Crippen LogP contribution in [0.25, 0.3) is 0 Å². The second kappa shape index (κ2) is 8.83. The smallest absolute Gasteiger partial charge is 0.227 e. The molecular formula is C19H29N3O2. The summed E-state index contributed by atoms with van der Waals surface area (Å²) < 4.78 is 0. The number of anilines is 1. The molecule has 5 nitrogen and oxygen atoms in total. The van der Waals surface area contributed by atoms with Crippen molar-refractivity contribution in [3.63, 3.8) is 0 Å². The van der Waals surface area contributed by atoms with Gasteiger partial charge in [0.25, 0.3) is 0 Å². The van der Waals surface area contributed by atoms with Crippen molar-refractivity contribution in [3.05, 3.63) is 29.8 Å². The van der Waals surface area contributed by atoms with E-state index in [0.717, 1.165) is 25.2 Å². The predicted octanol–water partition coefficient (Wildman–Crippen LogP) is 2.28. The summed E-state index contributed by atoms with van der Waals surface area (Å²) in [6, 6.07) is 8.04. The summed E-state index contributed by atoms with van der Waals surface area (Å²) in [5, 5.41) is 6.09. The minimum Gasteiger partial charge on any atom is -0.355 e. The van der Waals surface area contributed by atoms with Crippen LogP contribution in [0.2, 0.25) is 0 Å². The van der Waals surface area contributed by atoms with E-state index in [4.69, 9.17) is 0 Å². The lowest BCUT2D eigenvalue weighted by Gasteiger charge is -2.23. The lowest BCUT2D eigenvalue weighted by atomic mass is 9.96. The third-order valence-corrected chi connectivity index (χ3v) is 4.72. The number of nitrogens with zero attached hydrogens (tertiary/aromatic N) is 1. The third kappa shape index (κ3) is 4.35. The Morgan fingerprint density at radius 2 is 2.04 bits per heavy atom. The molecule has 2 rings (SSSR count). The van der Waals surface area contributed by atoms with Gasteiger partial charge in [0.15, 0.2) is 0 Å². The van der Waals surface area contributed by atoms with E-state index < -0.39 is 0 Å². The molecule has 2 amide bonds. The Morgan fingerprint density at radius 1 is 1.29 bits per heavy atom. The largest absolute Gasteiger partial charge is 0.355 e. The average molecular weight is 331 g/mol. The van der Waals surface area contributed by atoms with Gasteiger partial charge in [-0.25, -0.2) is 0 Å². The monoisotopic (exact) mass is 331 g/mol. The fraction of sp³-hybridized carbons (Fsp3) is 0.579. The third-order valence-electron chi connectivity index (χ3n) is 4.72. The van der Waals surface area contributed by atoms with Crippen molar-refractivity contribution < 1.29 is 9.59 Å². The van der Waals surface area contributed by atoms with E-state index in [-0.39, 0.29) is 17.7 Å². The molecule has 2 atom stereocenters. The van der Waals surface area contributed by atoms with E-state index >= 15 is 0 Å². The van der Waals surface area contributed by atoms with Gasteiger partial charge in [-0.1, -0.05) is 39.0 Å². The zero-order valence-electron chi connectivity index (χ0n) is 15.0. The summed E-state index contributed by atoms with van der Waals surface area (Å²) in [4.78, 5) is 26.5. The molecule has 0 saturated carbocycles. The Morgan fingerprint density at radius 3 is 2.75 bits per heavy atom. The molecule has 1 aromatic rings. The quantitative estimate of drug-likeness (QED) is 0.719. The van der Waals surface area contributed by atoms with E-state index in [1.54, 1.807) is 4.90 Å². The minimum absolute atomic E-state index is 0.0234. The zero-order valence-corrected chi connectivity index (χ0v) is 15.0. The molecule has 0 aromatic heterocycles. The molecule has 2 N–H and O–H groups in total. The van der Waals surface area contributed by atoms with E-state index in [2.05, 4.69) is 30.5 Å². The van der Waals surface area contributed by atoms with Crippen LogP contribution in [0.5, 0.6) is 0 Å². The summed E-state index contributed by atoms with van der Waals surface area (Å²) in [5.41, 5.74) is 2.14. The first-order valence-corrected chi connectivity index (χ1v) is 8.96. The number of nitrogens with one attached hydrogen (secondary N) is 2. The number of likely N-dealkylation sites (N-methyl/N-ethyl adjacent to an activating group) is 1. The van der Waals surface area contributed by atoms with Gasteiger partial charge in [0.2, 0.25) is 11.8 Å². The van der Waals surface area contributed by atoms with Gasteiger partial charge < -0.3 is 15.5 Å². The maximum atomic E-state index is 12.5. The highest BCUT2D eigenvalue weighted by molar-refractivity contribution is 6.00. The maximum Gasteiger partial charge on any atom is 0.227 e. The van der Waals surface area contributed by atoms with Crippen molar-refractivity contribution in [2.75, 3.05) is 31.1 Å². The van der Waals surface area contributed by atoms with Crippen LogP contribution in [0.15, 0.2) is 24.3 Å². The summed E-state index contributed by atoms with van der Waals surface area (Å²) in [5.74, 6) is 0.147. The van der Waals surface area contributed by atoms with Gasteiger partial charge in [0.1, 0.15) is 0 Å². The maximum absolute atomic E-state index is 12.5. The van der Waals surface area contributed by atoms with Gasteiger partial charge in [-0.2, -0.15) is 0 Å². The van der Waals surface area contributed by atoms with Gasteiger partial charge in [0.05, 0.1) is 5.92 Å². The number of hydrogen-bond donors (Lipinski definition) is 2. The molecule has 2 unspecified atom stereocenters. The van der Waals surface area contributed by atoms with Crippen molar-refractivity contribution in [2.45, 2.75) is 39.5 Å². The van der Waals surface area contributed by atoms with Gasteiger partial charge in [-0.15, -0.1) is 0 Å². The van der Waals surface area contributed by atoms with Crippen LogP contribution in [0.3, 0.4) is 0 Å². The van der Waals surface area contributed by atoms with Crippen molar-refractivity contribution in [2.24, 2.45) is 5.92 Å². The van der Waals surface area contributed by atoms with Crippen molar-refractivity contribution in [1.29, 1.82) is 0 Å². The molecule has 1 aliphatic heterocycles. The first-order chi connectivity index (χ1) is 11.6. The van der Waals surface area contributed by atoms with Crippen LogP contribution in [0.4, 0.5) is 5.69 Å². The highest BCUT2D eigenvalue weighted by Crippen LogP contribution is 2.33. The summed E-state index contributed by atoms with van der Waals surface area (Å²) in [6.07, 6.45) is 1.31. The molecule has 1 aromatic carbocycles. The normalized spacial score (nSPS) is 18.7. The van der Waals surface area contributed by atoms with Gasteiger partial charge >= 0.3 is 0 Å². The molecule has 5 heteroatoms. The van der Waals surface area contributed by atoms with Crippen molar-refractivity contribution in [3.8, 4) is 0 Å². The predicted molar refractivity (Wildman–Crippen MR) is 97.2 cm³/mol. The number of hydrogen-bond acceptors (Lipinski definition) is 3. The fourth-order valence-electron chi connectivity index (χ4n) is 3.08. The molecule has 1 saturated heterocycles. The lowest BCUT2D eigenvalue weighted by molar-refractivity contribution is -0.126. The Hall–Kier alpha value is -1.88. The Labute approximate surface area is 144 Å². The van der Waals surface area contributed by atoms with Crippen LogP contribution < -0.4 is 15.5 Å². The Balaban J connectivity index is 2.04.